The molecule has 0 aromatic carbocycles. The number of nitrogens with one attached hydrogen (secondary N) is 1. The smallest absolute Gasteiger partial charge is 0.227 e. The number of hydrogen-bond acceptors (Lipinski definition) is 3. The molecule has 98 valence electrons. The molecule has 1 aliphatic rings. The standard InChI is InChI=1S/C12H18N4O2/c1-8(2)14-12(18)9-4-11(17)16(6-9)10-5-13-15(3)7-10/h5,7-9H,4,6H2,1-3H3,(H,14,18)/t9-/m1/s1. The summed E-state index contributed by atoms with van der Waals surface area (Å²) >= 11 is 0. The number of rotatable bonds is 3. The fraction of sp³-hybridized carbons (Fsp3) is 0.583. The van der Waals surface area contributed by atoms with E-state index in [1.54, 1.807) is 29.0 Å². The van der Waals surface area contributed by atoms with Gasteiger partial charge in [0, 0.05) is 32.3 Å². The molecule has 1 saturated heterocycles. The van der Waals surface area contributed by atoms with Gasteiger partial charge in [-0.2, -0.15) is 5.10 Å². The van der Waals surface area contributed by atoms with Crippen molar-refractivity contribution < 1.29 is 9.59 Å². The van der Waals surface area contributed by atoms with Gasteiger partial charge in [-0.3, -0.25) is 14.3 Å². The van der Waals surface area contributed by atoms with E-state index in [2.05, 4.69) is 10.4 Å². The number of aromatic nitrogens is 2. The summed E-state index contributed by atoms with van der Waals surface area (Å²) in [6.07, 6.45) is 3.69. The van der Waals surface area contributed by atoms with Crippen LogP contribution in [0, 0.1) is 5.92 Å². The van der Waals surface area contributed by atoms with Crippen LogP contribution in [-0.2, 0) is 16.6 Å². The number of hydrogen-bond donors (Lipinski definition) is 1. The highest BCUT2D eigenvalue weighted by molar-refractivity contribution is 6.00. The van der Waals surface area contributed by atoms with Crippen molar-refractivity contribution >= 4 is 17.5 Å². The van der Waals surface area contributed by atoms with Gasteiger partial charge in [0.05, 0.1) is 17.8 Å². The van der Waals surface area contributed by atoms with Crippen LogP contribution < -0.4 is 10.2 Å². The molecule has 0 saturated carbocycles. The Labute approximate surface area is 106 Å². The second-order valence-corrected chi connectivity index (χ2v) is 4.94. The third-order valence-electron chi connectivity index (χ3n) is 2.93. The van der Waals surface area contributed by atoms with Gasteiger partial charge < -0.3 is 10.2 Å². The molecule has 6 heteroatoms. The van der Waals surface area contributed by atoms with Crippen molar-refractivity contribution in [3.8, 4) is 0 Å². The van der Waals surface area contributed by atoms with Gasteiger partial charge in [0.25, 0.3) is 0 Å². The Balaban J connectivity index is 2.05. The van der Waals surface area contributed by atoms with Crippen molar-refractivity contribution in [2.45, 2.75) is 26.3 Å². The quantitative estimate of drug-likeness (QED) is 0.839. The minimum absolute atomic E-state index is 0.0214. The van der Waals surface area contributed by atoms with Gasteiger partial charge in [0.2, 0.25) is 11.8 Å². The van der Waals surface area contributed by atoms with Crippen LogP contribution in [0.2, 0.25) is 0 Å². The fourth-order valence-electron chi connectivity index (χ4n) is 2.08. The first-order valence-corrected chi connectivity index (χ1v) is 6.06. The molecule has 0 spiro atoms. The average Bonchev–Trinajstić information content (AvgIpc) is 2.83. The maximum atomic E-state index is 11.9. The summed E-state index contributed by atoms with van der Waals surface area (Å²) in [5.74, 6) is -0.336. The van der Waals surface area contributed by atoms with E-state index in [4.69, 9.17) is 0 Å². The van der Waals surface area contributed by atoms with Crippen molar-refractivity contribution in [1.29, 1.82) is 0 Å². The number of amides is 2. The average molecular weight is 250 g/mol. The highest BCUT2D eigenvalue weighted by atomic mass is 16.2. The summed E-state index contributed by atoms with van der Waals surface area (Å²) in [7, 11) is 1.80. The molecule has 18 heavy (non-hydrogen) atoms. The van der Waals surface area contributed by atoms with Crippen molar-refractivity contribution in [1.82, 2.24) is 15.1 Å². The summed E-state index contributed by atoms with van der Waals surface area (Å²) in [5, 5.41) is 6.88. The van der Waals surface area contributed by atoms with E-state index in [9.17, 15) is 9.59 Å². The number of carbonyl (C=O) groups excluding carboxylic acids is 2. The lowest BCUT2D eigenvalue weighted by atomic mass is 10.1. The monoisotopic (exact) mass is 250 g/mol. The van der Waals surface area contributed by atoms with E-state index < -0.39 is 0 Å². The Morgan fingerprint density at radius 2 is 2.28 bits per heavy atom. The van der Waals surface area contributed by atoms with E-state index >= 15 is 0 Å². The van der Waals surface area contributed by atoms with E-state index in [1.807, 2.05) is 13.8 Å². The first-order chi connectivity index (χ1) is 8.47. The zero-order valence-corrected chi connectivity index (χ0v) is 10.9. The molecule has 2 heterocycles. The Bertz CT molecular complexity index is 466. The topological polar surface area (TPSA) is 67.2 Å². The van der Waals surface area contributed by atoms with E-state index in [-0.39, 0.29) is 30.2 Å². The lowest BCUT2D eigenvalue weighted by Gasteiger charge is -2.15. The predicted molar refractivity (Wildman–Crippen MR) is 66.9 cm³/mol. The normalized spacial score (nSPS) is 19.7. The number of carbonyl (C=O) groups is 2. The lowest BCUT2D eigenvalue weighted by Crippen LogP contribution is -2.36. The van der Waals surface area contributed by atoms with Gasteiger partial charge in [0.15, 0.2) is 0 Å². The van der Waals surface area contributed by atoms with Crippen LogP contribution in [0.1, 0.15) is 20.3 Å². The second-order valence-electron chi connectivity index (χ2n) is 4.94. The van der Waals surface area contributed by atoms with Crippen LogP contribution in [0.5, 0.6) is 0 Å². The van der Waals surface area contributed by atoms with Crippen molar-refractivity contribution in [3.63, 3.8) is 0 Å². The lowest BCUT2D eigenvalue weighted by molar-refractivity contribution is -0.126. The molecule has 0 unspecified atom stereocenters. The first-order valence-electron chi connectivity index (χ1n) is 6.06. The predicted octanol–water partition coefficient (Wildman–Crippen LogP) is 0.298. The third kappa shape index (κ3) is 2.52. The van der Waals surface area contributed by atoms with E-state index in [0.717, 1.165) is 5.69 Å². The first kappa shape index (κ1) is 12.6. The third-order valence-corrected chi connectivity index (χ3v) is 2.93. The van der Waals surface area contributed by atoms with Crippen LogP contribution in [0.3, 0.4) is 0 Å². The SMILES string of the molecule is CC(C)NC(=O)[C@@H]1CC(=O)N(c2cnn(C)c2)C1. The zero-order chi connectivity index (χ0) is 13.3. The van der Waals surface area contributed by atoms with E-state index in [1.165, 1.54) is 0 Å². The van der Waals surface area contributed by atoms with Crippen LogP contribution in [-0.4, -0.2) is 34.2 Å². The summed E-state index contributed by atoms with van der Waals surface area (Å²) in [5.41, 5.74) is 0.752. The minimum Gasteiger partial charge on any atom is -0.354 e. The molecule has 1 aliphatic heterocycles. The Morgan fingerprint density at radius 1 is 1.56 bits per heavy atom. The molecule has 1 aromatic rings. The number of nitrogens with zero attached hydrogens (tertiary/aromatic N) is 3. The largest absolute Gasteiger partial charge is 0.354 e. The van der Waals surface area contributed by atoms with E-state index in [0.29, 0.717) is 6.54 Å². The molecular formula is C12H18N4O2. The van der Waals surface area contributed by atoms with Gasteiger partial charge in [0.1, 0.15) is 0 Å². The molecule has 2 amide bonds. The fourth-order valence-corrected chi connectivity index (χ4v) is 2.08. The Kier molecular flexibility index (Phi) is 3.36. The Hall–Kier alpha value is -1.85. The Morgan fingerprint density at radius 3 is 2.83 bits per heavy atom. The summed E-state index contributed by atoms with van der Waals surface area (Å²) in [6, 6.07) is 0.0973. The second kappa shape index (κ2) is 4.80. The van der Waals surface area contributed by atoms with Gasteiger partial charge in [-0.25, -0.2) is 0 Å². The molecule has 1 fully saturated rings. The highest BCUT2D eigenvalue weighted by Crippen LogP contribution is 2.24. The number of aryl methyl sites for hydroxylation is 1. The summed E-state index contributed by atoms with van der Waals surface area (Å²) in [6.45, 7) is 4.25. The maximum Gasteiger partial charge on any atom is 0.227 e. The molecular weight excluding hydrogens is 232 g/mol. The molecule has 6 nitrogen and oxygen atoms in total. The molecule has 0 aliphatic carbocycles. The highest BCUT2D eigenvalue weighted by Gasteiger charge is 2.35. The van der Waals surface area contributed by atoms with Gasteiger partial charge in [-0.05, 0) is 13.8 Å². The van der Waals surface area contributed by atoms with Gasteiger partial charge in [-0.1, -0.05) is 0 Å². The van der Waals surface area contributed by atoms with Crippen LogP contribution >= 0.6 is 0 Å². The molecule has 0 radical (unpaired) electrons. The summed E-state index contributed by atoms with van der Waals surface area (Å²) < 4.78 is 1.64. The van der Waals surface area contributed by atoms with Crippen molar-refractivity contribution in [2.24, 2.45) is 13.0 Å². The molecule has 1 atom stereocenters. The maximum absolute atomic E-state index is 11.9. The van der Waals surface area contributed by atoms with Crippen LogP contribution in [0.15, 0.2) is 12.4 Å². The van der Waals surface area contributed by atoms with Crippen LogP contribution in [0.25, 0.3) is 0 Å². The molecule has 2 rings (SSSR count). The van der Waals surface area contributed by atoms with Crippen molar-refractivity contribution in [2.75, 3.05) is 11.4 Å². The van der Waals surface area contributed by atoms with Crippen molar-refractivity contribution in [3.05, 3.63) is 12.4 Å². The van der Waals surface area contributed by atoms with Gasteiger partial charge in [-0.15, -0.1) is 0 Å². The molecule has 1 aromatic heterocycles. The zero-order valence-electron chi connectivity index (χ0n) is 10.9. The molecule has 0 bridgehead atoms. The summed E-state index contributed by atoms with van der Waals surface area (Å²) in [4.78, 5) is 25.4. The number of anilines is 1. The minimum atomic E-state index is -0.264. The van der Waals surface area contributed by atoms with Gasteiger partial charge >= 0.3 is 0 Å². The molecule has 1 N–H and O–H groups in total. The van der Waals surface area contributed by atoms with Crippen LogP contribution in [0.4, 0.5) is 5.69 Å².